The van der Waals surface area contributed by atoms with E-state index in [-0.39, 0.29) is 11.4 Å². The van der Waals surface area contributed by atoms with Crippen LogP contribution in [-0.4, -0.2) is 31.7 Å². The lowest BCUT2D eigenvalue weighted by Crippen LogP contribution is -2.29. The van der Waals surface area contributed by atoms with Crippen LogP contribution in [0.5, 0.6) is 0 Å². The van der Waals surface area contributed by atoms with Gasteiger partial charge in [-0.05, 0) is 12.5 Å². The van der Waals surface area contributed by atoms with E-state index >= 15 is 0 Å². The third-order valence-electron chi connectivity index (χ3n) is 2.15. The highest BCUT2D eigenvalue weighted by molar-refractivity contribution is 7.90. The Hall–Kier alpha value is -1.67. The first-order valence-corrected chi connectivity index (χ1v) is 6.13. The molecule has 0 aliphatic rings. The molecule has 0 saturated carbocycles. The maximum atomic E-state index is 11.6. The second-order valence-corrected chi connectivity index (χ2v) is 5.53. The van der Waals surface area contributed by atoms with Crippen LogP contribution in [-0.2, 0) is 10.2 Å². The monoisotopic (exact) mass is 259 g/mol. The summed E-state index contributed by atoms with van der Waals surface area (Å²) in [4.78, 5) is 10.0. The van der Waals surface area contributed by atoms with E-state index in [0.29, 0.717) is 5.56 Å². The van der Waals surface area contributed by atoms with Crippen LogP contribution in [0.15, 0.2) is 18.2 Å². The number of hydrogen-bond donors (Lipinski definition) is 1. The fourth-order valence-corrected chi connectivity index (χ4v) is 1.74. The Balaban J connectivity index is 3.15. The summed E-state index contributed by atoms with van der Waals surface area (Å²) in [5.74, 6) is 0. The van der Waals surface area contributed by atoms with E-state index in [1.54, 1.807) is 6.92 Å². The predicted octanol–water partition coefficient (Wildman–Crippen LogP) is 1.12. The van der Waals surface area contributed by atoms with Crippen LogP contribution in [0, 0.1) is 17.0 Å². The average molecular weight is 259 g/mol. The lowest BCUT2D eigenvalue weighted by atomic mass is 10.2. The highest BCUT2D eigenvalue weighted by Gasteiger charge is 2.16. The summed E-state index contributed by atoms with van der Waals surface area (Å²) in [7, 11) is -0.915. The van der Waals surface area contributed by atoms with Crippen molar-refractivity contribution in [3.05, 3.63) is 33.9 Å². The molecule has 0 radical (unpaired) electrons. The minimum Gasteiger partial charge on any atom is -0.270 e. The third kappa shape index (κ3) is 3.14. The van der Waals surface area contributed by atoms with E-state index in [0.717, 1.165) is 4.31 Å². The van der Waals surface area contributed by atoms with Gasteiger partial charge in [-0.15, -0.1) is 0 Å². The molecule has 1 aromatic rings. The summed E-state index contributed by atoms with van der Waals surface area (Å²) in [6, 6.07) is 4.00. The Morgan fingerprint density at radius 3 is 2.41 bits per heavy atom. The highest BCUT2D eigenvalue weighted by atomic mass is 32.2. The van der Waals surface area contributed by atoms with E-state index < -0.39 is 15.1 Å². The van der Waals surface area contributed by atoms with Crippen molar-refractivity contribution in [3.63, 3.8) is 0 Å². The molecule has 0 aromatic heterocycles. The van der Waals surface area contributed by atoms with Crippen molar-refractivity contribution in [3.8, 4) is 0 Å². The molecule has 1 N–H and O–H groups in total. The van der Waals surface area contributed by atoms with E-state index in [1.807, 2.05) is 0 Å². The molecule has 0 amide bonds. The molecule has 0 fully saturated rings. The lowest BCUT2D eigenvalue weighted by Gasteiger charge is -2.14. The first-order valence-electron chi connectivity index (χ1n) is 4.69. The second-order valence-electron chi connectivity index (χ2n) is 3.65. The van der Waals surface area contributed by atoms with Crippen LogP contribution in [0.1, 0.15) is 5.56 Å². The number of anilines is 1. The van der Waals surface area contributed by atoms with Crippen molar-refractivity contribution >= 4 is 21.6 Å². The number of rotatable bonds is 4. The van der Waals surface area contributed by atoms with Crippen molar-refractivity contribution in [1.29, 1.82) is 0 Å². The minimum atomic E-state index is -3.66. The maximum Gasteiger partial charge on any atom is 0.301 e. The topological polar surface area (TPSA) is 92.5 Å². The van der Waals surface area contributed by atoms with Crippen LogP contribution >= 0.6 is 0 Å². The van der Waals surface area contributed by atoms with Crippen LogP contribution in [0.4, 0.5) is 11.4 Å². The summed E-state index contributed by atoms with van der Waals surface area (Å²) < 4.78 is 26.4. The zero-order valence-corrected chi connectivity index (χ0v) is 10.5. The molecule has 94 valence electrons. The van der Waals surface area contributed by atoms with Gasteiger partial charge in [-0.25, -0.2) is 0 Å². The van der Waals surface area contributed by atoms with Gasteiger partial charge in [0, 0.05) is 26.2 Å². The molecular weight excluding hydrogens is 246 g/mol. The van der Waals surface area contributed by atoms with Crippen molar-refractivity contribution < 1.29 is 13.3 Å². The molecule has 0 aliphatic carbocycles. The Bertz CT molecular complexity index is 539. The molecule has 1 rings (SSSR count). The van der Waals surface area contributed by atoms with Crippen molar-refractivity contribution in [1.82, 2.24) is 4.31 Å². The van der Waals surface area contributed by atoms with Gasteiger partial charge < -0.3 is 0 Å². The summed E-state index contributed by atoms with van der Waals surface area (Å²) in [5, 5.41) is 10.6. The van der Waals surface area contributed by atoms with Gasteiger partial charge in [0.2, 0.25) is 0 Å². The van der Waals surface area contributed by atoms with Crippen LogP contribution in [0.25, 0.3) is 0 Å². The van der Waals surface area contributed by atoms with E-state index in [1.165, 1.54) is 32.3 Å². The molecule has 1 aromatic carbocycles. The molecule has 0 saturated heterocycles. The third-order valence-corrected chi connectivity index (χ3v) is 3.59. The maximum absolute atomic E-state index is 11.6. The number of nitrogens with one attached hydrogen (secondary N) is 1. The Kier molecular flexibility index (Phi) is 3.69. The number of benzene rings is 1. The molecule has 0 spiro atoms. The predicted molar refractivity (Wildman–Crippen MR) is 64.1 cm³/mol. The standard InChI is InChI=1S/C9H13N3O4S/c1-7-4-5-8(12(13)14)6-9(7)10-17(15,16)11(2)3/h4-6,10H,1-3H3. The zero-order chi connectivity index (χ0) is 13.2. The SMILES string of the molecule is Cc1ccc([N+](=O)[O-])cc1NS(=O)(=O)N(C)C. The smallest absolute Gasteiger partial charge is 0.270 e. The number of nitrogens with zero attached hydrogens (tertiary/aromatic N) is 2. The molecule has 17 heavy (non-hydrogen) atoms. The largest absolute Gasteiger partial charge is 0.301 e. The average Bonchev–Trinajstić information content (AvgIpc) is 2.20. The molecule has 0 atom stereocenters. The van der Waals surface area contributed by atoms with Gasteiger partial charge in [-0.3, -0.25) is 14.8 Å². The van der Waals surface area contributed by atoms with Gasteiger partial charge in [0.15, 0.2) is 0 Å². The molecule has 8 heteroatoms. The van der Waals surface area contributed by atoms with Crippen molar-refractivity contribution in [2.45, 2.75) is 6.92 Å². The van der Waals surface area contributed by atoms with E-state index in [2.05, 4.69) is 4.72 Å². The van der Waals surface area contributed by atoms with Gasteiger partial charge in [-0.1, -0.05) is 6.07 Å². The van der Waals surface area contributed by atoms with E-state index in [4.69, 9.17) is 0 Å². The Labute approximate surface area is 99.4 Å². The fraction of sp³-hybridized carbons (Fsp3) is 0.333. The van der Waals surface area contributed by atoms with Crippen LogP contribution < -0.4 is 4.72 Å². The number of nitro groups is 1. The quantitative estimate of drug-likeness (QED) is 0.647. The molecular formula is C9H13N3O4S. The summed E-state index contributed by atoms with van der Waals surface area (Å²) >= 11 is 0. The lowest BCUT2D eigenvalue weighted by molar-refractivity contribution is -0.384. The van der Waals surface area contributed by atoms with Crippen molar-refractivity contribution in [2.75, 3.05) is 18.8 Å². The summed E-state index contributed by atoms with van der Waals surface area (Å²) in [5.41, 5.74) is 0.654. The Morgan fingerprint density at radius 2 is 1.94 bits per heavy atom. The minimum absolute atomic E-state index is 0.160. The zero-order valence-electron chi connectivity index (χ0n) is 9.67. The van der Waals surface area contributed by atoms with Gasteiger partial charge in [-0.2, -0.15) is 12.7 Å². The first-order chi connectivity index (χ1) is 7.74. The molecule has 0 unspecified atom stereocenters. The van der Waals surface area contributed by atoms with Crippen LogP contribution in [0.3, 0.4) is 0 Å². The summed E-state index contributed by atoms with van der Waals surface area (Å²) in [6.45, 7) is 1.66. The van der Waals surface area contributed by atoms with E-state index in [9.17, 15) is 18.5 Å². The first kappa shape index (κ1) is 13.4. The number of aryl methyl sites for hydroxylation is 1. The normalized spacial score (nSPS) is 11.5. The molecule has 7 nitrogen and oxygen atoms in total. The van der Waals surface area contributed by atoms with Crippen LogP contribution in [0.2, 0.25) is 0 Å². The Morgan fingerprint density at radius 1 is 1.35 bits per heavy atom. The molecule has 0 aliphatic heterocycles. The number of hydrogen-bond acceptors (Lipinski definition) is 4. The number of non-ortho nitro benzene ring substituents is 1. The van der Waals surface area contributed by atoms with Gasteiger partial charge in [0.1, 0.15) is 0 Å². The fourth-order valence-electron chi connectivity index (χ4n) is 1.06. The molecule has 0 bridgehead atoms. The van der Waals surface area contributed by atoms with Gasteiger partial charge in [0.25, 0.3) is 5.69 Å². The second kappa shape index (κ2) is 4.68. The number of nitro benzene ring substituents is 1. The van der Waals surface area contributed by atoms with Crippen molar-refractivity contribution in [2.24, 2.45) is 0 Å². The van der Waals surface area contributed by atoms with Gasteiger partial charge >= 0.3 is 10.2 Å². The van der Waals surface area contributed by atoms with Gasteiger partial charge in [0.05, 0.1) is 10.6 Å². The summed E-state index contributed by atoms with van der Waals surface area (Å²) in [6.07, 6.45) is 0. The highest BCUT2D eigenvalue weighted by Crippen LogP contribution is 2.22. The molecule has 0 heterocycles.